The highest BCUT2D eigenvalue weighted by molar-refractivity contribution is 5.68. The number of hydrogen-bond donors (Lipinski definition) is 1. The van der Waals surface area contributed by atoms with E-state index in [0.717, 1.165) is 25.7 Å². The van der Waals surface area contributed by atoms with Crippen molar-refractivity contribution in [2.45, 2.75) is 37.8 Å². The van der Waals surface area contributed by atoms with Gasteiger partial charge in [0.1, 0.15) is 6.10 Å². The quantitative estimate of drug-likeness (QED) is 0.624. The summed E-state index contributed by atoms with van der Waals surface area (Å²) in [6.07, 6.45) is 4.37. The first kappa shape index (κ1) is 6.01. The lowest BCUT2D eigenvalue weighted by molar-refractivity contribution is 0.138. The van der Waals surface area contributed by atoms with Crippen LogP contribution in [0.3, 0.4) is 0 Å². The number of amides is 1. The van der Waals surface area contributed by atoms with Crippen molar-refractivity contribution in [3.63, 3.8) is 0 Å². The van der Waals surface area contributed by atoms with E-state index in [4.69, 9.17) is 4.74 Å². The third-order valence-electron chi connectivity index (χ3n) is 1.70. The molecule has 2 aliphatic rings. The second kappa shape index (κ2) is 2.15. The van der Waals surface area contributed by atoms with Crippen molar-refractivity contribution >= 4 is 6.09 Å². The number of nitrogens with one attached hydrogen (secondary N) is 1. The first-order valence-electron chi connectivity index (χ1n) is 3.82. The lowest BCUT2D eigenvalue weighted by Gasteiger charge is -2.02. The molecule has 0 bridgehead atoms. The van der Waals surface area contributed by atoms with Crippen molar-refractivity contribution in [3.8, 4) is 0 Å². The van der Waals surface area contributed by atoms with Crippen LogP contribution >= 0.6 is 0 Å². The summed E-state index contributed by atoms with van der Waals surface area (Å²) in [7, 11) is 0. The van der Waals surface area contributed by atoms with Gasteiger partial charge < -0.3 is 10.1 Å². The number of hydrogen-bond acceptors (Lipinski definition) is 2. The number of rotatable bonds is 2. The summed E-state index contributed by atoms with van der Waals surface area (Å²) in [5.41, 5.74) is 0. The smallest absolute Gasteiger partial charge is 0.407 e. The van der Waals surface area contributed by atoms with E-state index in [9.17, 15) is 4.79 Å². The molecule has 2 saturated carbocycles. The van der Waals surface area contributed by atoms with Crippen LogP contribution in [-0.4, -0.2) is 18.2 Å². The summed E-state index contributed by atoms with van der Waals surface area (Å²) in [5, 5.41) is 2.76. The van der Waals surface area contributed by atoms with Crippen molar-refractivity contribution in [2.75, 3.05) is 0 Å². The zero-order valence-electron chi connectivity index (χ0n) is 5.80. The standard InChI is InChI=1S/C7H11NO2/c9-7(8-5-1-2-5)10-6-3-4-6/h5-6H,1-4H2,(H,8,9). The van der Waals surface area contributed by atoms with Gasteiger partial charge in [-0.25, -0.2) is 4.79 Å². The summed E-state index contributed by atoms with van der Waals surface area (Å²) in [5.74, 6) is 0. The van der Waals surface area contributed by atoms with Gasteiger partial charge in [-0.2, -0.15) is 0 Å². The van der Waals surface area contributed by atoms with Crippen LogP contribution in [0.4, 0.5) is 4.79 Å². The molecular weight excluding hydrogens is 130 g/mol. The molecule has 0 unspecified atom stereocenters. The molecular formula is C7H11NO2. The SMILES string of the molecule is O=C(NC1CC1)OC1CC1. The van der Waals surface area contributed by atoms with Crippen LogP contribution in [0.1, 0.15) is 25.7 Å². The predicted octanol–water partition coefficient (Wildman–Crippen LogP) is 1.04. The fraction of sp³-hybridized carbons (Fsp3) is 0.857. The minimum Gasteiger partial charge on any atom is -0.446 e. The van der Waals surface area contributed by atoms with Gasteiger partial charge in [0.05, 0.1) is 0 Å². The monoisotopic (exact) mass is 141 g/mol. The van der Waals surface area contributed by atoms with E-state index >= 15 is 0 Å². The molecule has 0 spiro atoms. The Kier molecular flexibility index (Phi) is 1.29. The van der Waals surface area contributed by atoms with Crippen LogP contribution in [0, 0.1) is 0 Å². The molecule has 3 heteroatoms. The summed E-state index contributed by atoms with van der Waals surface area (Å²) < 4.78 is 4.96. The van der Waals surface area contributed by atoms with E-state index in [-0.39, 0.29) is 12.2 Å². The summed E-state index contributed by atoms with van der Waals surface area (Å²) in [6.45, 7) is 0. The maximum atomic E-state index is 10.8. The lowest BCUT2D eigenvalue weighted by Crippen LogP contribution is -2.26. The van der Waals surface area contributed by atoms with Gasteiger partial charge in [-0.3, -0.25) is 0 Å². The Morgan fingerprint density at radius 3 is 2.50 bits per heavy atom. The highest BCUT2D eigenvalue weighted by atomic mass is 16.6. The fourth-order valence-corrected chi connectivity index (χ4v) is 0.766. The first-order chi connectivity index (χ1) is 4.84. The minimum absolute atomic E-state index is 0.218. The second-order valence-corrected chi connectivity index (χ2v) is 3.02. The number of carbonyl (C=O) groups excluding carboxylic acids is 1. The third kappa shape index (κ3) is 1.62. The van der Waals surface area contributed by atoms with Crippen LogP contribution in [0.2, 0.25) is 0 Å². The normalized spacial score (nSPS) is 24.0. The van der Waals surface area contributed by atoms with Crippen LogP contribution in [0.5, 0.6) is 0 Å². The number of carbonyl (C=O) groups is 1. The Morgan fingerprint density at radius 1 is 1.30 bits per heavy atom. The van der Waals surface area contributed by atoms with E-state index in [1.54, 1.807) is 0 Å². The Labute approximate surface area is 59.7 Å². The molecule has 1 amide bonds. The minimum atomic E-state index is -0.218. The maximum absolute atomic E-state index is 10.8. The molecule has 0 aromatic carbocycles. The van der Waals surface area contributed by atoms with Crippen molar-refractivity contribution in [2.24, 2.45) is 0 Å². The molecule has 0 aliphatic heterocycles. The van der Waals surface area contributed by atoms with Gasteiger partial charge in [-0.1, -0.05) is 0 Å². The molecule has 0 radical (unpaired) electrons. The second-order valence-electron chi connectivity index (χ2n) is 3.02. The van der Waals surface area contributed by atoms with Crippen LogP contribution in [0.25, 0.3) is 0 Å². The van der Waals surface area contributed by atoms with Gasteiger partial charge in [-0.15, -0.1) is 0 Å². The Balaban J connectivity index is 1.64. The van der Waals surface area contributed by atoms with Gasteiger partial charge in [0, 0.05) is 6.04 Å². The first-order valence-corrected chi connectivity index (χ1v) is 3.82. The molecule has 2 aliphatic carbocycles. The van der Waals surface area contributed by atoms with Crippen LogP contribution < -0.4 is 5.32 Å². The largest absolute Gasteiger partial charge is 0.446 e. The molecule has 0 atom stereocenters. The summed E-state index contributed by atoms with van der Waals surface area (Å²) >= 11 is 0. The molecule has 0 aromatic heterocycles. The van der Waals surface area contributed by atoms with E-state index in [1.165, 1.54) is 0 Å². The van der Waals surface area contributed by atoms with Crippen molar-refractivity contribution in [3.05, 3.63) is 0 Å². The average molecular weight is 141 g/mol. The zero-order valence-corrected chi connectivity index (χ0v) is 5.80. The zero-order chi connectivity index (χ0) is 6.97. The summed E-state index contributed by atoms with van der Waals surface area (Å²) in [6, 6.07) is 0.422. The Morgan fingerprint density at radius 2 is 2.00 bits per heavy atom. The van der Waals surface area contributed by atoms with E-state index < -0.39 is 0 Å². The van der Waals surface area contributed by atoms with Crippen LogP contribution in [0.15, 0.2) is 0 Å². The van der Waals surface area contributed by atoms with Crippen molar-refractivity contribution in [1.29, 1.82) is 0 Å². The molecule has 0 heterocycles. The fourth-order valence-electron chi connectivity index (χ4n) is 0.766. The predicted molar refractivity (Wildman–Crippen MR) is 35.7 cm³/mol. The Hall–Kier alpha value is -0.730. The molecule has 0 aromatic rings. The van der Waals surface area contributed by atoms with Gasteiger partial charge in [0.15, 0.2) is 0 Å². The molecule has 2 rings (SSSR count). The van der Waals surface area contributed by atoms with Gasteiger partial charge >= 0.3 is 6.09 Å². The van der Waals surface area contributed by atoms with Gasteiger partial charge in [0.2, 0.25) is 0 Å². The van der Waals surface area contributed by atoms with Crippen molar-refractivity contribution < 1.29 is 9.53 Å². The maximum Gasteiger partial charge on any atom is 0.407 e. The molecule has 0 saturated heterocycles. The Bertz CT molecular complexity index is 134. The molecule has 3 nitrogen and oxygen atoms in total. The number of alkyl carbamates (subject to hydrolysis) is 1. The van der Waals surface area contributed by atoms with Crippen LogP contribution in [-0.2, 0) is 4.74 Å². The highest BCUT2D eigenvalue weighted by Gasteiger charge is 2.29. The van der Waals surface area contributed by atoms with Gasteiger partial charge in [-0.05, 0) is 25.7 Å². The third-order valence-corrected chi connectivity index (χ3v) is 1.70. The van der Waals surface area contributed by atoms with E-state index in [1.807, 2.05) is 0 Å². The molecule has 2 fully saturated rings. The van der Waals surface area contributed by atoms with E-state index in [0.29, 0.717) is 6.04 Å². The topological polar surface area (TPSA) is 38.3 Å². The number of ether oxygens (including phenoxy) is 1. The van der Waals surface area contributed by atoms with Gasteiger partial charge in [0.25, 0.3) is 0 Å². The summed E-state index contributed by atoms with van der Waals surface area (Å²) in [4.78, 5) is 10.8. The molecule has 1 N–H and O–H groups in total. The lowest BCUT2D eigenvalue weighted by atomic mass is 10.7. The molecule has 56 valence electrons. The highest BCUT2D eigenvalue weighted by Crippen LogP contribution is 2.24. The molecule has 10 heavy (non-hydrogen) atoms. The average Bonchev–Trinajstić information content (AvgIpc) is 2.59. The van der Waals surface area contributed by atoms with Crippen molar-refractivity contribution in [1.82, 2.24) is 5.32 Å². The van der Waals surface area contributed by atoms with E-state index in [2.05, 4.69) is 5.32 Å².